The first-order chi connectivity index (χ1) is 7.68. The minimum Gasteiger partial charge on any atom is -0.306 e. The lowest BCUT2D eigenvalue weighted by molar-refractivity contribution is -0.117. The Balaban J connectivity index is 2.00. The molecule has 1 saturated carbocycles. The molecule has 0 N–H and O–H groups in total. The molecule has 0 bridgehead atoms. The van der Waals surface area contributed by atoms with Crippen molar-refractivity contribution in [2.45, 2.75) is 58.3 Å². The lowest BCUT2D eigenvalue weighted by atomic mass is 9.87. The highest BCUT2D eigenvalue weighted by molar-refractivity contribution is 5.75. The van der Waals surface area contributed by atoms with Gasteiger partial charge in [0.1, 0.15) is 5.78 Å². The molecule has 0 amide bonds. The van der Waals surface area contributed by atoms with Gasteiger partial charge in [0, 0.05) is 6.42 Å². The van der Waals surface area contributed by atoms with Crippen molar-refractivity contribution in [1.82, 2.24) is 4.90 Å². The third-order valence-electron chi connectivity index (χ3n) is 3.71. The standard InChI is InChI=1S/C14H27NO/c1-13(16)7-6-11-15(2)12-10-14-8-4-3-5-9-14/h14H,3-12H2,1-2H3. The summed E-state index contributed by atoms with van der Waals surface area (Å²) in [5.74, 6) is 1.30. The van der Waals surface area contributed by atoms with Crippen LogP contribution in [0.5, 0.6) is 0 Å². The van der Waals surface area contributed by atoms with E-state index in [1.165, 1.54) is 45.1 Å². The van der Waals surface area contributed by atoms with E-state index in [-0.39, 0.29) is 0 Å². The van der Waals surface area contributed by atoms with Gasteiger partial charge in [-0.15, -0.1) is 0 Å². The van der Waals surface area contributed by atoms with E-state index >= 15 is 0 Å². The summed E-state index contributed by atoms with van der Waals surface area (Å²) >= 11 is 0. The lowest BCUT2D eigenvalue weighted by Gasteiger charge is -2.24. The number of hydrogen-bond acceptors (Lipinski definition) is 2. The van der Waals surface area contributed by atoms with Gasteiger partial charge in [0.25, 0.3) is 0 Å². The first-order valence-electron chi connectivity index (χ1n) is 6.86. The van der Waals surface area contributed by atoms with Crippen LogP contribution in [0, 0.1) is 5.92 Å². The molecule has 0 aromatic rings. The van der Waals surface area contributed by atoms with Crippen LogP contribution in [0.4, 0.5) is 0 Å². The Morgan fingerprint density at radius 1 is 1.19 bits per heavy atom. The van der Waals surface area contributed by atoms with Crippen LogP contribution in [-0.4, -0.2) is 30.8 Å². The normalized spacial score (nSPS) is 17.9. The zero-order chi connectivity index (χ0) is 11.8. The maximum Gasteiger partial charge on any atom is 0.129 e. The number of ketones is 1. The number of carbonyl (C=O) groups excluding carboxylic acids is 1. The van der Waals surface area contributed by atoms with Crippen molar-refractivity contribution >= 4 is 5.78 Å². The van der Waals surface area contributed by atoms with Crippen molar-refractivity contribution in [3.05, 3.63) is 0 Å². The van der Waals surface area contributed by atoms with Gasteiger partial charge in [-0.2, -0.15) is 0 Å². The quantitative estimate of drug-likeness (QED) is 0.663. The highest BCUT2D eigenvalue weighted by atomic mass is 16.1. The molecule has 0 aromatic heterocycles. The summed E-state index contributed by atoms with van der Waals surface area (Å²) < 4.78 is 0. The predicted molar refractivity (Wildman–Crippen MR) is 68.6 cm³/mol. The zero-order valence-corrected chi connectivity index (χ0v) is 11.0. The molecule has 94 valence electrons. The predicted octanol–water partition coefficient (Wildman–Crippen LogP) is 3.26. The van der Waals surface area contributed by atoms with Crippen LogP contribution in [0.15, 0.2) is 0 Å². The van der Waals surface area contributed by atoms with Crippen molar-refractivity contribution in [3.8, 4) is 0 Å². The molecule has 1 fully saturated rings. The molecule has 0 saturated heterocycles. The van der Waals surface area contributed by atoms with Gasteiger partial charge >= 0.3 is 0 Å². The average Bonchev–Trinajstić information content (AvgIpc) is 2.27. The van der Waals surface area contributed by atoms with Crippen LogP contribution in [0.1, 0.15) is 58.3 Å². The maximum absolute atomic E-state index is 10.8. The van der Waals surface area contributed by atoms with Gasteiger partial charge in [0.2, 0.25) is 0 Å². The van der Waals surface area contributed by atoms with Crippen LogP contribution in [0.25, 0.3) is 0 Å². The first kappa shape index (κ1) is 13.7. The molecule has 0 unspecified atom stereocenters. The largest absolute Gasteiger partial charge is 0.306 e. The van der Waals surface area contributed by atoms with Crippen LogP contribution in [0.2, 0.25) is 0 Å². The van der Waals surface area contributed by atoms with E-state index in [2.05, 4.69) is 11.9 Å². The number of rotatable bonds is 7. The molecule has 2 heteroatoms. The molecule has 1 aliphatic rings. The fraction of sp³-hybridized carbons (Fsp3) is 0.929. The topological polar surface area (TPSA) is 20.3 Å². The zero-order valence-electron chi connectivity index (χ0n) is 11.0. The van der Waals surface area contributed by atoms with E-state index in [4.69, 9.17) is 0 Å². The Morgan fingerprint density at radius 3 is 2.50 bits per heavy atom. The smallest absolute Gasteiger partial charge is 0.129 e. The number of nitrogens with zero attached hydrogens (tertiary/aromatic N) is 1. The number of carbonyl (C=O) groups is 1. The summed E-state index contributed by atoms with van der Waals surface area (Å²) in [5.41, 5.74) is 0. The minimum atomic E-state index is 0.320. The van der Waals surface area contributed by atoms with E-state index in [1.54, 1.807) is 6.92 Å². The third kappa shape index (κ3) is 6.26. The van der Waals surface area contributed by atoms with Crippen molar-refractivity contribution in [3.63, 3.8) is 0 Å². The van der Waals surface area contributed by atoms with Gasteiger partial charge in [-0.1, -0.05) is 32.1 Å². The van der Waals surface area contributed by atoms with Crippen molar-refractivity contribution in [2.24, 2.45) is 5.92 Å². The Bertz CT molecular complexity index is 197. The lowest BCUT2D eigenvalue weighted by Crippen LogP contribution is -2.24. The SMILES string of the molecule is CC(=O)CCCN(C)CCC1CCCCC1. The van der Waals surface area contributed by atoms with E-state index in [0.29, 0.717) is 5.78 Å². The fourth-order valence-corrected chi connectivity index (χ4v) is 2.59. The summed E-state index contributed by atoms with van der Waals surface area (Å²) in [6, 6.07) is 0. The summed E-state index contributed by atoms with van der Waals surface area (Å²) in [4.78, 5) is 13.2. The van der Waals surface area contributed by atoms with Crippen molar-refractivity contribution in [1.29, 1.82) is 0 Å². The molecular weight excluding hydrogens is 198 g/mol. The van der Waals surface area contributed by atoms with Crippen LogP contribution >= 0.6 is 0 Å². The summed E-state index contributed by atoms with van der Waals surface area (Å²) in [6.07, 6.45) is 10.4. The minimum absolute atomic E-state index is 0.320. The second-order valence-electron chi connectivity index (χ2n) is 5.40. The molecule has 1 rings (SSSR count). The Kier molecular flexibility index (Phi) is 6.70. The molecule has 1 aliphatic carbocycles. The monoisotopic (exact) mass is 225 g/mol. The van der Waals surface area contributed by atoms with Crippen LogP contribution in [0.3, 0.4) is 0 Å². The van der Waals surface area contributed by atoms with E-state index < -0.39 is 0 Å². The van der Waals surface area contributed by atoms with Gasteiger partial charge in [0.15, 0.2) is 0 Å². The number of hydrogen-bond donors (Lipinski definition) is 0. The summed E-state index contributed by atoms with van der Waals surface area (Å²) in [7, 11) is 2.18. The third-order valence-corrected chi connectivity index (χ3v) is 3.71. The molecule has 16 heavy (non-hydrogen) atoms. The average molecular weight is 225 g/mol. The molecule has 0 heterocycles. The second-order valence-corrected chi connectivity index (χ2v) is 5.40. The summed E-state index contributed by atoms with van der Waals surface area (Å²) in [5, 5.41) is 0. The van der Waals surface area contributed by atoms with Gasteiger partial charge in [-0.25, -0.2) is 0 Å². The van der Waals surface area contributed by atoms with Crippen LogP contribution < -0.4 is 0 Å². The highest BCUT2D eigenvalue weighted by Crippen LogP contribution is 2.26. The van der Waals surface area contributed by atoms with Gasteiger partial charge in [0.05, 0.1) is 0 Å². The second kappa shape index (κ2) is 7.83. The van der Waals surface area contributed by atoms with E-state index in [1.807, 2.05) is 0 Å². The molecule has 0 spiro atoms. The highest BCUT2D eigenvalue weighted by Gasteiger charge is 2.13. The summed E-state index contributed by atoms with van der Waals surface area (Å²) in [6.45, 7) is 3.97. The molecule has 0 aromatic carbocycles. The molecule has 0 aliphatic heterocycles. The molecular formula is C14H27NO. The van der Waals surface area contributed by atoms with E-state index in [0.717, 1.165) is 25.3 Å². The van der Waals surface area contributed by atoms with Gasteiger partial charge in [-0.3, -0.25) is 0 Å². The Hall–Kier alpha value is -0.370. The molecule has 0 radical (unpaired) electrons. The Labute approximate surface area is 100 Å². The van der Waals surface area contributed by atoms with Crippen LogP contribution in [-0.2, 0) is 4.79 Å². The van der Waals surface area contributed by atoms with Crippen molar-refractivity contribution in [2.75, 3.05) is 20.1 Å². The van der Waals surface area contributed by atoms with Crippen molar-refractivity contribution < 1.29 is 4.79 Å². The molecule has 0 atom stereocenters. The fourth-order valence-electron chi connectivity index (χ4n) is 2.59. The Morgan fingerprint density at radius 2 is 1.88 bits per heavy atom. The van der Waals surface area contributed by atoms with E-state index in [9.17, 15) is 4.79 Å². The first-order valence-corrected chi connectivity index (χ1v) is 6.86. The van der Waals surface area contributed by atoms with Gasteiger partial charge in [-0.05, 0) is 45.8 Å². The number of Topliss-reactive ketones (excluding diaryl/α,β-unsaturated/α-hetero) is 1. The molecule has 2 nitrogen and oxygen atoms in total. The van der Waals surface area contributed by atoms with Gasteiger partial charge < -0.3 is 9.69 Å². The maximum atomic E-state index is 10.8.